The lowest BCUT2D eigenvalue weighted by atomic mass is 10.3. The molecule has 194 valence electrons. The summed E-state index contributed by atoms with van der Waals surface area (Å²) in [6.45, 7) is 4.45. The zero-order valence-corrected chi connectivity index (χ0v) is 22.1. The predicted molar refractivity (Wildman–Crippen MR) is 140 cm³/mol. The van der Waals surface area contributed by atoms with Crippen molar-refractivity contribution in [1.29, 1.82) is 0 Å². The van der Waals surface area contributed by atoms with E-state index in [4.69, 9.17) is 14.2 Å². The van der Waals surface area contributed by atoms with Crippen molar-refractivity contribution in [3.05, 3.63) is 42.5 Å². The fourth-order valence-corrected chi connectivity index (χ4v) is 6.22. The van der Waals surface area contributed by atoms with E-state index in [0.717, 1.165) is 36.3 Å². The highest BCUT2D eigenvalue weighted by atomic mass is 32.2. The van der Waals surface area contributed by atoms with Crippen LogP contribution < -0.4 is 14.4 Å². The molecule has 1 fully saturated rings. The van der Waals surface area contributed by atoms with E-state index in [2.05, 4.69) is 9.88 Å². The van der Waals surface area contributed by atoms with Crippen LogP contribution in [-0.2, 0) is 19.4 Å². The first kappa shape index (κ1) is 26.3. The van der Waals surface area contributed by atoms with Crippen molar-refractivity contribution in [2.75, 3.05) is 64.3 Å². The molecule has 4 rings (SSSR count). The molecule has 0 N–H and O–H groups in total. The number of carbonyl (C=O) groups is 1. The van der Waals surface area contributed by atoms with Gasteiger partial charge in [-0.05, 0) is 42.8 Å². The van der Waals surface area contributed by atoms with E-state index in [-0.39, 0.29) is 23.0 Å². The Balaban J connectivity index is 1.49. The van der Waals surface area contributed by atoms with Crippen LogP contribution in [0.15, 0.2) is 47.4 Å². The van der Waals surface area contributed by atoms with Crippen LogP contribution in [-0.4, -0.2) is 83.6 Å². The topological polar surface area (TPSA) is 98.3 Å². The van der Waals surface area contributed by atoms with Gasteiger partial charge in [-0.25, -0.2) is 13.4 Å². The van der Waals surface area contributed by atoms with E-state index >= 15 is 0 Å². The zero-order valence-electron chi connectivity index (χ0n) is 20.5. The number of hydrogen-bond acceptors (Lipinski definition) is 9. The number of methoxy groups -OCH3 is 2. The molecular weight excluding hydrogens is 502 g/mol. The summed E-state index contributed by atoms with van der Waals surface area (Å²) in [4.78, 5) is 22.1. The van der Waals surface area contributed by atoms with Crippen LogP contribution in [0.4, 0.5) is 5.13 Å². The molecule has 1 aliphatic heterocycles. The van der Waals surface area contributed by atoms with Crippen LogP contribution in [0.3, 0.4) is 0 Å². The second kappa shape index (κ2) is 12.0. The molecule has 36 heavy (non-hydrogen) atoms. The van der Waals surface area contributed by atoms with Crippen molar-refractivity contribution in [3.8, 4) is 11.5 Å². The quantitative estimate of drug-likeness (QED) is 0.371. The first-order valence-electron chi connectivity index (χ1n) is 11.8. The molecule has 0 saturated carbocycles. The maximum absolute atomic E-state index is 13.4. The number of ether oxygens (including phenoxy) is 3. The van der Waals surface area contributed by atoms with Crippen molar-refractivity contribution in [2.24, 2.45) is 0 Å². The van der Waals surface area contributed by atoms with Gasteiger partial charge in [0.15, 0.2) is 15.0 Å². The number of thiazole rings is 1. The van der Waals surface area contributed by atoms with Crippen LogP contribution in [0.1, 0.15) is 12.8 Å². The second-order valence-corrected chi connectivity index (χ2v) is 11.5. The minimum Gasteiger partial charge on any atom is -0.497 e. The molecule has 9 nitrogen and oxygen atoms in total. The maximum atomic E-state index is 13.4. The zero-order chi connectivity index (χ0) is 25.5. The summed E-state index contributed by atoms with van der Waals surface area (Å²) in [7, 11) is -0.508. The molecule has 2 heterocycles. The first-order chi connectivity index (χ1) is 17.4. The number of sulfone groups is 1. The fraction of sp³-hybridized carbons (Fsp3) is 0.440. The monoisotopic (exact) mass is 533 g/mol. The number of nitrogens with zero attached hydrogens (tertiary/aromatic N) is 3. The van der Waals surface area contributed by atoms with Gasteiger partial charge < -0.3 is 14.2 Å². The Morgan fingerprint density at radius 2 is 1.78 bits per heavy atom. The SMILES string of the molecule is COc1ccc(S(=O)(=O)CCC(=O)N(CCCN2CCOCC2)c2nc3cc(OC)ccc3s2)cc1. The number of amides is 1. The second-order valence-electron chi connectivity index (χ2n) is 8.43. The highest BCUT2D eigenvalue weighted by Crippen LogP contribution is 2.32. The molecule has 0 bridgehead atoms. The van der Waals surface area contributed by atoms with Gasteiger partial charge in [-0.15, -0.1) is 0 Å². The minimum atomic E-state index is -3.63. The van der Waals surface area contributed by atoms with E-state index in [1.807, 2.05) is 18.2 Å². The molecular formula is C25H31N3O6S2. The molecule has 0 unspecified atom stereocenters. The molecule has 3 aromatic rings. The van der Waals surface area contributed by atoms with Gasteiger partial charge in [-0.2, -0.15) is 0 Å². The lowest BCUT2D eigenvalue weighted by Gasteiger charge is -2.27. The van der Waals surface area contributed by atoms with Crippen LogP contribution in [0, 0.1) is 0 Å². The molecule has 0 radical (unpaired) electrons. The number of aromatic nitrogens is 1. The van der Waals surface area contributed by atoms with E-state index in [1.165, 1.54) is 30.6 Å². The molecule has 0 atom stereocenters. The number of rotatable bonds is 11. The molecule has 1 amide bonds. The average Bonchev–Trinajstić information content (AvgIpc) is 3.33. The van der Waals surface area contributed by atoms with Gasteiger partial charge in [0.2, 0.25) is 5.91 Å². The summed E-state index contributed by atoms with van der Waals surface area (Å²) in [5.74, 6) is 0.718. The fourth-order valence-electron chi connectivity index (χ4n) is 4.00. The lowest BCUT2D eigenvalue weighted by Crippen LogP contribution is -2.39. The standard InChI is InChI=1S/C25H31N3O6S2/c1-32-19-4-7-21(8-5-19)36(30,31)17-10-24(29)28(12-3-11-27-13-15-34-16-14-27)25-26-22-18-20(33-2)6-9-23(22)35-25/h4-9,18H,3,10-17H2,1-2H3. The summed E-state index contributed by atoms with van der Waals surface area (Å²) in [5, 5.41) is 0.562. The third-order valence-corrected chi connectivity index (χ3v) is 8.87. The Bertz CT molecular complexity index is 1270. The van der Waals surface area contributed by atoms with Crippen molar-refractivity contribution < 1.29 is 27.4 Å². The van der Waals surface area contributed by atoms with Gasteiger partial charge in [-0.1, -0.05) is 11.3 Å². The third-order valence-electron chi connectivity index (χ3n) is 6.08. The van der Waals surface area contributed by atoms with Gasteiger partial charge in [0, 0.05) is 38.7 Å². The molecule has 1 saturated heterocycles. The Morgan fingerprint density at radius 1 is 1.08 bits per heavy atom. The van der Waals surface area contributed by atoms with Gasteiger partial charge in [-0.3, -0.25) is 14.6 Å². The predicted octanol–water partition coefficient (Wildman–Crippen LogP) is 3.23. The third kappa shape index (κ3) is 6.52. The molecule has 2 aromatic carbocycles. The molecule has 1 aliphatic rings. The number of fused-ring (bicyclic) bond motifs is 1. The number of carbonyl (C=O) groups excluding carboxylic acids is 1. The number of morpholine rings is 1. The molecule has 11 heteroatoms. The number of hydrogen-bond donors (Lipinski definition) is 0. The first-order valence-corrected chi connectivity index (χ1v) is 14.3. The van der Waals surface area contributed by atoms with E-state index in [9.17, 15) is 13.2 Å². The molecule has 0 spiro atoms. The smallest absolute Gasteiger partial charge is 0.229 e. The Kier molecular flexibility index (Phi) is 8.78. The Hall–Kier alpha value is -2.73. The van der Waals surface area contributed by atoms with Crippen molar-refractivity contribution in [2.45, 2.75) is 17.7 Å². The van der Waals surface area contributed by atoms with Gasteiger partial charge in [0.1, 0.15) is 11.5 Å². The van der Waals surface area contributed by atoms with Crippen molar-refractivity contribution in [1.82, 2.24) is 9.88 Å². The van der Waals surface area contributed by atoms with Crippen molar-refractivity contribution in [3.63, 3.8) is 0 Å². The average molecular weight is 534 g/mol. The van der Waals surface area contributed by atoms with Crippen LogP contribution >= 0.6 is 11.3 Å². The van der Waals surface area contributed by atoms with E-state index < -0.39 is 9.84 Å². The number of anilines is 1. The lowest BCUT2D eigenvalue weighted by molar-refractivity contribution is -0.118. The minimum absolute atomic E-state index is 0.134. The van der Waals surface area contributed by atoms with Crippen LogP contribution in [0.5, 0.6) is 11.5 Å². The van der Waals surface area contributed by atoms with Gasteiger partial charge >= 0.3 is 0 Å². The largest absolute Gasteiger partial charge is 0.497 e. The summed E-state index contributed by atoms with van der Waals surface area (Å²) in [6, 6.07) is 11.8. The molecule has 0 aliphatic carbocycles. The Labute approximate surface area is 215 Å². The van der Waals surface area contributed by atoms with E-state index in [1.54, 1.807) is 24.1 Å². The summed E-state index contributed by atoms with van der Waals surface area (Å²) in [5.41, 5.74) is 0.742. The summed E-state index contributed by atoms with van der Waals surface area (Å²) >= 11 is 1.41. The molecule has 1 aromatic heterocycles. The summed E-state index contributed by atoms with van der Waals surface area (Å²) in [6.07, 6.45) is 0.612. The van der Waals surface area contributed by atoms with E-state index in [0.29, 0.717) is 36.4 Å². The Morgan fingerprint density at radius 3 is 2.47 bits per heavy atom. The van der Waals surface area contributed by atoms with Crippen molar-refractivity contribution >= 4 is 42.4 Å². The van der Waals surface area contributed by atoms with Crippen LogP contribution in [0.2, 0.25) is 0 Å². The maximum Gasteiger partial charge on any atom is 0.229 e. The number of benzene rings is 2. The normalized spacial score (nSPS) is 14.6. The highest BCUT2D eigenvalue weighted by Gasteiger charge is 2.24. The highest BCUT2D eigenvalue weighted by molar-refractivity contribution is 7.91. The summed E-state index contributed by atoms with van der Waals surface area (Å²) < 4.78 is 42.5. The van der Waals surface area contributed by atoms with Gasteiger partial charge in [0.25, 0.3) is 0 Å². The van der Waals surface area contributed by atoms with Gasteiger partial charge in [0.05, 0.1) is 48.3 Å². The van der Waals surface area contributed by atoms with Crippen LogP contribution in [0.25, 0.3) is 10.2 Å².